The van der Waals surface area contributed by atoms with Crippen molar-refractivity contribution < 1.29 is 9.15 Å². The maximum absolute atomic E-state index is 5.45. The topological polar surface area (TPSA) is 48.2 Å². The van der Waals surface area contributed by atoms with Crippen molar-refractivity contribution in [2.24, 2.45) is 0 Å². The SMILES string of the molecule is c1ccc(COc2nnc(-c3ccccc3)o2)cc1. The van der Waals surface area contributed by atoms with Crippen molar-refractivity contribution in [1.82, 2.24) is 10.2 Å². The first-order chi connectivity index (χ1) is 9.42. The van der Waals surface area contributed by atoms with Crippen LogP contribution in [0.5, 0.6) is 6.08 Å². The van der Waals surface area contributed by atoms with Crippen LogP contribution in [-0.4, -0.2) is 10.2 Å². The van der Waals surface area contributed by atoms with E-state index in [9.17, 15) is 0 Å². The maximum Gasteiger partial charge on any atom is 0.415 e. The molecule has 94 valence electrons. The normalized spacial score (nSPS) is 10.3. The van der Waals surface area contributed by atoms with Crippen LogP contribution in [0.25, 0.3) is 11.5 Å². The molecule has 0 saturated carbocycles. The van der Waals surface area contributed by atoms with Crippen molar-refractivity contribution in [1.29, 1.82) is 0 Å². The second kappa shape index (κ2) is 5.35. The Bertz CT molecular complexity index is 636. The molecular formula is C15H12N2O2. The first-order valence-electron chi connectivity index (χ1n) is 5.97. The minimum atomic E-state index is 0.183. The van der Waals surface area contributed by atoms with Gasteiger partial charge in [-0.3, -0.25) is 0 Å². The first kappa shape index (κ1) is 11.5. The molecule has 4 heteroatoms. The summed E-state index contributed by atoms with van der Waals surface area (Å²) in [5, 5.41) is 7.83. The Labute approximate surface area is 110 Å². The number of hydrogen-bond donors (Lipinski definition) is 0. The van der Waals surface area contributed by atoms with Gasteiger partial charge in [-0.05, 0) is 17.7 Å². The zero-order chi connectivity index (χ0) is 12.9. The van der Waals surface area contributed by atoms with E-state index in [4.69, 9.17) is 9.15 Å². The molecule has 4 nitrogen and oxygen atoms in total. The zero-order valence-electron chi connectivity index (χ0n) is 10.2. The third kappa shape index (κ3) is 2.80. The van der Waals surface area contributed by atoms with E-state index in [0.717, 1.165) is 11.1 Å². The maximum atomic E-state index is 5.45. The molecule has 0 N–H and O–H groups in total. The van der Waals surface area contributed by atoms with E-state index < -0.39 is 0 Å². The second-order valence-electron chi connectivity index (χ2n) is 4.01. The van der Waals surface area contributed by atoms with Crippen molar-refractivity contribution >= 4 is 0 Å². The summed E-state index contributed by atoms with van der Waals surface area (Å²) in [5.74, 6) is 0.462. The first-order valence-corrected chi connectivity index (χ1v) is 5.97. The smallest absolute Gasteiger partial charge is 0.415 e. The summed E-state index contributed by atoms with van der Waals surface area (Å²) in [6.45, 7) is 0.414. The molecule has 0 aliphatic heterocycles. The standard InChI is InChI=1S/C15H12N2O2/c1-3-7-12(8-4-1)11-18-15-17-16-14(19-15)13-9-5-2-6-10-13/h1-10H,11H2. The van der Waals surface area contributed by atoms with Gasteiger partial charge < -0.3 is 9.15 Å². The molecule has 0 bridgehead atoms. The van der Waals surface area contributed by atoms with Gasteiger partial charge in [0.15, 0.2) is 0 Å². The van der Waals surface area contributed by atoms with Crippen molar-refractivity contribution in [2.75, 3.05) is 0 Å². The molecule has 19 heavy (non-hydrogen) atoms. The van der Waals surface area contributed by atoms with Gasteiger partial charge in [0.25, 0.3) is 5.89 Å². The van der Waals surface area contributed by atoms with Gasteiger partial charge in [0, 0.05) is 5.56 Å². The van der Waals surface area contributed by atoms with Crippen LogP contribution < -0.4 is 4.74 Å². The molecule has 0 atom stereocenters. The molecule has 3 aromatic rings. The molecule has 0 amide bonds. The van der Waals surface area contributed by atoms with Crippen molar-refractivity contribution in [3.05, 3.63) is 66.2 Å². The number of rotatable bonds is 4. The van der Waals surface area contributed by atoms with Gasteiger partial charge in [0.1, 0.15) is 6.61 Å². The van der Waals surface area contributed by atoms with Crippen LogP contribution in [0, 0.1) is 0 Å². The van der Waals surface area contributed by atoms with E-state index in [1.54, 1.807) is 0 Å². The highest BCUT2D eigenvalue weighted by atomic mass is 16.6. The predicted molar refractivity (Wildman–Crippen MR) is 70.5 cm³/mol. The fraction of sp³-hybridized carbons (Fsp3) is 0.0667. The third-order valence-electron chi connectivity index (χ3n) is 2.63. The molecule has 0 saturated heterocycles. The lowest BCUT2D eigenvalue weighted by Gasteiger charge is -2.00. The van der Waals surface area contributed by atoms with Crippen LogP contribution in [0.2, 0.25) is 0 Å². The van der Waals surface area contributed by atoms with Crippen LogP contribution >= 0.6 is 0 Å². The van der Waals surface area contributed by atoms with E-state index in [0.29, 0.717) is 12.5 Å². The molecular weight excluding hydrogens is 240 g/mol. The van der Waals surface area contributed by atoms with Gasteiger partial charge in [-0.15, -0.1) is 5.10 Å². The van der Waals surface area contributed by atoms with Gasteiger partial charge in [0.2, 0.25) is 0 Å². The largest absolute Gasteiger partial charge is 0.444 e. The molecule has 1 aromatic heterocycles. The second-order valence-corrected chi connectivity index (χ2v) is 4.01. The number of benzene rings is 2. The number of nitrogens with zero attached hydrogens (tertiary/aromatic N) is 2. The summed E-state index contributed by atoms with van der Waals surface area (Å²) in [4.78, 5) is 0. The van der Waals surface area contributed by atoms with E-state index in [1.165, 1.54) is 0 Å². The average molecular weight is 252 g/mol. The summed E-state index contributed by atoms with van der Waals surface area (Å²) >= 11 is 0. The van der Waals surface area contributed by atoms with E-state index >= 15 is 0 Å². The number of aromatic nitrogens is 2. The van der Waals surface area contributed by atoms with Gasteiger partial charge >= 0.3 is 6.08 Å². The summed E-state index contributed by atoms with van der Waals surface area (Å²) in [5.41, 5.74) is 1.94. The van der Waals surface area contributed by atoms with Crippen molar-refractivity contribution in [3.8, 4) is 17.5 Å². The van der Waals surface area contributed by atoms with Crippen LogP contribution in [0.15, 0.2) is 65.1 Å². The third-order valence-corrected chi connectivity index (χ3v) is 2.63. The Balaban J connectivity index is 1.69. The van der Waals surface area contributed by atoms with E-state index in [-0.39, 0.29) is 6.08 Å². The summed E-state index contributed by atoms with van der Waals surface area (Å²) in [6, 6.07) is 19.4. The lowest BCUT2D eigenvalue weighted by molar-refractivity contribution is 0.222. The van der Waals surface area contributed by atoms with Crippen molar-refractivity contribution in [3.63, 3.8) is 0 Å². The highest BCUT2D eigenvalue weighted by Crippen LogP contribution is 2.20. The molecule has 0 radical (unpaired) electrons. The van der Waals surface area contributed by atoms with E-state index in [1.807, 2.05) is 60.7 Å². The molecule has 0 fully saturated rings. The molecule has 0 spiro atoms. The quantitative estimate of drug-likeness (QED) is 0.714. The predicted octanol–water partition coefficient (Wildman–Crippen LogP) is 3.32. The van der Waals surface area contributed by atoms with Gasteiger partial charge in [0.05, 0.1) is 0 Å². The van der Waals surface area contributed by atoms with Gasteiger partial charge in [-0.25, -0.2) is 0 Å². The molecule has 0 unspecified atom stereocenters. The van der Waals surface area contributed by atoms with Crippen LogP contribution in [0.1, 0.15) is 5.56 Å². The minimum absolute atomic E-state index is 0.183. The van der Waals surface area contributed by atoms with Crippen LogP contribution in [-0.2, 0) is 6.61 Å². The fourth-order valence-electron chi connectivity index (χ4n) is 1.68. The Hall–Kier alpha value is -2.62. The molecule has 3 rings (SSSR count). The zero-order valence-corrected chi connectivity index (χ0v) is 10.2. The summed E-state index contributed by atoms with van der Waals surface area (Å²) in [6.07, 6.45) is 0.183. The lowest BCUT2D eigenvalue weighted by atomic mass is 10.2. The molecule has 0 aliphatic rings. The van der Waals surface area contributed by atoms with Crippen molar-refractivity contribution in [2.45, 2.75) is 6.61 Å². The van der Waals surface area contributed by atoms with Gasteiger partial charge in [-0.1, -0.05) is 53.6 Å². The summed E-state index contributed by atoms with van der Waals surface area (Å²) in [7, 11) is 0. The Morgan fingerprint density at radius 1 is 0.842 bits per heavy atom. The number of ether oxygens (including phenoxy) is 1. The number of hydrogen-bond acceptors (Lipinski definition) is 4. The molecule has 1 heterocycles. The lowest BCUT2D eigenvalue weighted by Crippen LogP contribution is -1.94. The highest BCUT2D eigenvalue weighted by Gasteiger charge is 2.08. The van der Waals surface area contributed by atoms with Crippen LogP contribution in [0.3, 0.4) is 0 Å². The minimum Gasteiger partial charge on any atom is -0.444 e. The Kier molecular flexibility index (Phi) is 3.23. The Morgan fingerprint density at radius 3 is 2.26 bits per heavy atom. The van der Waals surface area contributed by atoms with Gasteiger partial charge in [-0.2, -0.15) is 0 Å². The van der Waals surface area contributed by atoms with Crippen LogP contribution in [0.4, 0.5) is 0 Å². The Morgan fingerprint density at radius 2 is 1.53 bits per heavy atom. The molecule has 0 aliphatic carbocycles. The molecule has 2 aromatic carbocycles. The monoisotopic (exact) mass is 252 g/mol. The fourth-order valence-corrected chi connectivity index (χ4v) is 1.68. The summed E-state index contributed by atoms with van der Waals surface area (Å²) < 4.78 is 10.9. The average Bonchev–Trinajstić information content (AvgIpc) is 2.96. The highest BCUT2D eigenvalue weighted by molar-refractivity contribution is 5.51. The van der Waals surface area contributed by atoms with E-state index in [2.05, 4.69) is 10.2 Å².